The molecular weight excluding hydrogens is 411 g/mol. The minimum atomic E-state index is 0.125. The van der Waals surface area contributed by atoms with Crippen molar-refractivity contribution in [3.63, 3.8) is 0 Å². The van der Waals surface area contributed by atoms with Crippen LogP contribution < -0.4 is 0 Å². The summed E-state index contributed by atoms with van der Waals surface area (Å²) in [6, 6.07) is 17.0. The van der Waals surface area contributed by atoms with Gasteiger partial charge in [0, 0.05) is 15.7 Å². The molecule has 0 radical (unpaired) electrons. The van der Waals surface area contributed by atoms with Crippen molar-refractivity contribution in [3.05, 3.63) is 70.2 Å². The van der Waals surface area contributed by atoms with Gasteiger partial charge in [-0.25, -0.2) is 0 Å². The van der Waals surface area contributed by atoms with Crippen molar-refractivity contribution in [2.45, 2.75) is 19.8 Å². The number of rotatable bonds is 6. The fraction of sp³-hybridized carbons (Fsp3) is 0.333. The van der Waals surface area contributed by atoms with Crippen LogP contribution in [0.4, 0.5) is 0 Å². The van der Waals surface area contributed by atoms with Crippen molar-refractivity contribution < 1.29 is 0 Å². The molecule has 21 heavy (non-hydrogen) atoms. The van der Waals surface area contributed by atoms with Crippen LogP contribution in [0.2, 0.25) is 5.02 Å². The molecule has 112 valence electrons. The summed E-state index contributed by atoms with van der Waals surface area (Å²) in [5, 5.41) is 2.74. The molecule has 0 saturated carbocycles. The molecule has 0 saturated heterocycles. The molecule has 0 aliphatic carbocycles. The summed E-state index contributed by atoms with van der Waals surface area (Å²) in [6.07, 6.45) is 1.98. The molecule has 0 spiro atoms. The Labute approximate surface area is 149 Å². The van der Waals surface area contributed by atoms with Crippen LogP contribution in [0.15, 0.2) is 48.5 Å². The zero-order valence-corrected chi connectivity index (χ0v) is 16.0. The molecule has 0 N–H and O–H groups in total. The Morgan fingerprint density at radius 1 is 0.952 bits per heavy atom. The first-order chi connectivity index (χ1) is 10.1. The molecule has 2 aromatic carbocycles. The molecular formula is C18H19Br2Cl. The van der Waals surface area contributed by atoms with Gasteiger partial charge in [-0.3, -0.25) is 0 Å². The summed E-state index contributed by atoms with van der Waals surface area (Å²) in [4.78, 5) is 0. The molecule has 3 heteroatoms. The van der Waals surface area contributed by atoms with Gasteiger partial charge in [0.25, 0.3) is 0 Å². The Balaban J connectivity index is 2.25. The molecule has 0 unspecified atom stereocenters. The molecule has 0 aromatic heterocycles. The van der Waals surface area contributed by atoms with Gasteiger partial charge in [-0.2, -0.15) is 0 Å². The number of hydrogen-bond acceptors (Lipinski definition) is 0. The van der Waals surface area contributed by atoms with Crippen molar-refractivity contribution in [2.24, 2.45) is 5.41 Å². The quantitative estimate of drug-likeness (QED) is 0.478. The zero-order valence-electron chi connectivity index (χ0n) is 12.1. The Kier molecular flexibility index (Phi) is 6.34. The molecule has 2 aromatic rings. The van der Waals surface area contributed by atoms with Crippen LogP contribution in [0.1, 0.15) is 16.7 Å². The van der Waals surface area contributed by atoms with E-state index >= 15 is 0 Å². The smallest absolute Gasteiger partial charge is 0.0440 e. The SMILES string of the molecule is Cc1ccc(CC(CBr)(CBr)Cc2ccccc2)c(Cl)c1. The second-order valence-electron chi connectivity index (χ2n) is 5.70. The zero-order chi connectivity index (χ0) is 15.3. The van der Waals surface area contributed by atoms with E-state index in [1.807, 2.05) is 6.07 Å². The minimum Gasteiger partial charge on any atom is -0.0921 e. The predicted octanol–water partition coefficient (Wildman–Crippen LogP) is 6.21. The Hall–Kier alpha value is -0.310. The molecule has 0 heterocycles. The Morgan fingerprint density at radius 3 is 2.19 bits per heavy atom. The van der Waals surface area contributed by atoms with E-state index in [0.29, 0.717) is 0 Å². The van der Waals surface area contributed by atoms with Gasteiger partial charge in [0.05, 0.1) is 0 Å². The lowest BCUT2D eigenvalue weighted by Gasteiger charge is -2.31. The van der Waals surface area contributed by atoms with E-state index in [4.69, 9.17) is 11.6 Å². The molecule has 0 atom stereocenters. The average molecular weight is 431 g/mol. The largest absolute Gasteiger partial charge is 0.0921 e. The van der Waals surface area contributed by atoms with Crippen LogP contribution in [0.5, 0.6) is 0 Å². The van der Waals surface area contributed by atoms with E-state index < -0.39 is 0 Å². The van der Waals surface area contributed by atoms with Crippen LogP contribution in [0.3, 0.4) is 0 Å². The third-order valence-corrected chi connectivity index (χ3v) is 6.49. The standard InChI is InChI=1S/C18H19Br2Cl/c1-14-7-8-16(17(21)9-14)11-18(12-19,13-20)10-15-5-3-2-4-6-15/h2-9H,10-13H2,1H3. The van der Waals surface area contributed by atoms with Gasteiger partial charge in [0.15, 0.2) is 0 Å². The van der Waals surface area contributed by atoms with Crippen molar-refractivity contribution >= 4 is 43.5 Å². The van der Waals surface area contributed by atoms with Crippen molar-refractivity contribution in [2.75, 3.05) is 10.7 Å². The summed E-state index contributed by atoms with van der Waals surface area (Å²) in [7, 11) is 0. The maximum Gasteiger partial charge on any atom is 0.0440 e. The average Bonchev–Trinajstić information content (AvgIpc) is 2.50. The van der Waals surface area contributed by atoms with Gasteiger partial charge in [-0.05, 0) is 47.9 Å². The van der Waals surface area contributed by atoms with E-state index in [2.05, 4.69) is 81.2 Å². The lowest BCUT2D eigenvalue weighted by atomic mass is 9.80. The highest BCUT2D eigenvalue weighted by Gasteiger charge is 2.29. The molecule has 0 fully saturated rings. The number of benzene rings is 2. The first kappa shape index (κ1) is 17.1. The Morgan fingerprint density at radius 2 is 1.62 bits per heavy atom. The summed E-state index contributed by atoms with van der Waals surface area (Å²) in [5.41, 5.74) is 3.91. The number of hydrogen-bond donors (Lipinski definition) is 0. The Bertz CT molecular complexity index is 577. The fourth-order valence-corrected chi connectivity index (χ4v) is 4.54. The molecule has 0 aliphatic heterocycles. The predicted molar refractivity (Wildman–Crippen MR) is 100 cm³/mol. The third-order valence-electron chi connectivity index (χ3n) is 3.76. The third kappa shape index (κ3) is 4.58. The number of aryl methyl sites for hydroxylation is 1. The van der Waals surface area contributed by atoms with E-state index in [9.17, 15) is 0 Å². The van der Waals surface area contributed by atoms with Crippen LogP contribution in [-0.4, -0.2) is 10.7 Å². The van der Waals surface area contributed by atoms with E-state index in [-0.39, 0.29) is 5.41 Å². The van der Waals surface area contributed by atoms with E-state index in [1.165, 1.54) is 16.7 Å². The number of alkyl halides is 2. The van der Waals surface area contributed by atoms with Gasteiger partial charge in [0.2, 0.25) is 0 Å². The van der Waals surface area contributed by atoms with Crippen LogP contribution in [0, 0.1) is 12.3 Å². The second-order valence-corrected chi connectivity index (χ2v) is 7.23. The molecule has 2 rings (SSSR count). The number of halogens is 3. The normalized spacial score (nSPS) is 11.6. The first-order valence-corrected chi connectivity index (χ1v) is 9.61. The minimum absolute atomic E-state index is 0.125. The maximum absolute atomic E-state index is 6.42. The molecule has 0 aliphatic rings. The van der Waals surface area contributed by atoms with Gasteiger partial charge in [0.1, 0.15) is 0 Å². The highest BCUT2D eigenvalue weighted by molar-refractivity contribution is 9.09. The van der Waals surface area contributed by atoms with Crippen molar-refractivity contribution in [1.29, 1.82) is 0 Å². The lowest BCUT2D eigenvalue weighted by Crippen LogP contribution is -2.30. The van der Waals surface area contributed by atoms with Crippen LogP contribution in [0.25, 0.3) is 0 Å². The molecule has 0 bridgehead atoms. The van der Waals surface area contributed by atoms with E-state index in [0.717, 1.165) is 28.5 Å². The van der Waals surface area contributed by atoms with Crippen LogP contribution >= 0.6 is 43.5 Å². The highest BCUT2D eigenvalue weighted by Crippen LogP contribution is 2.34. The summed E-state index contributed by atoms with van der Waals surface area (Å²) >= 11 is 13.9. The fourth-order valence-electron chi connectivity index (χ4n) is 2.52. The molecule has 0 amide bonds. The summed E-state index contributed by atoms with van der Waals surface area (Å²) < 4.78 is 0. The van der Waals surface area contributed by atoms with Crippen molar-refractivity contribution in [3.8, 4) is 0 Å². The van der Waals surface area contributed by atoms with Gasteiger partial charge in [-0.1, -0.05) is 85.9 Å². The monoisotopic (exact) mass is 428 g/mol. The maximum atomic E-state index is 6.42. The highest BCUT2D eigenvalue weighted by atomic mass is 79.9. The second kappa shape index (κ2) is 7.80. The first-order valence-electron chi connectivity index (χ1n) is 6.99. The van der Waals surface area contributed by atoms with E-state index in [1.54, 1.807) is 0 Å². The topological polar surface area (TPSA) is 0 Å². The summed E-state index contributed by atoms with van der Waals surface area (Å²) in [5.74, 6) is 0. The van der Waals surface area contributed by atoms with Crippen LogP contribution in [-0.2, 0) is 12.8 Å². The van der Waals surface area contributed by atoms with Crippen molar-refractivity contribution in [1.82, 2.24) is 0 Å². The van der Waals surface area contributed by atoms with Gasteiger partial charge in [-0.15, -0.1) is 0 Å². The lowest BCUT2D eigenvalue weighted by molar-refractivity contribution is 0.386. The summed E-state index contributed by atoms with van der Waals surface area (Å²) in [6.45, 7) is 2.07. The van der Waals surface area contributed by atoms with Gasteiger partial charge >= 0.3 is 0 Å². The molecule has 0 nitrogen and oxygen atoms in total. The van der Waals surface area contributed by atoms with Gasteiger partial charge < -0.3 is 0 Å².